The van der Waals surface area contributed by atoms with Gasteiger partial charge in [0.05, 0.1) is 0 Å². The number of aliphatic hydroxyl groups excluding tert-OH is 1. The molecule has 17 heavy (non-hydrogen) atoms. The third-order valence-corrected chi connectivity index (χ3v) is 3.89. The second-order valence-electron chi connectivity index (χ2n) is 6.33. The SMILES string of the molecule is CC(C)(C)OC(=O)N1C[C@@H]2CCC(CO)[C@@H]2C1. The standard InChI is InChI=1S/C13H23NO3/c1-13(2,3)17-12(16)14-6-9-4-5-10(8-15)11(9)7-14/h9-11,15H,4-8H2,1-3H3/t9-,10?,11+/m0/s1. The van der Waals surface area contributed by atoms with Crippen LogP contribution in [0.3, 0.4) is 0 Å². The minimum atomic E-state index is -0.425. The van der Waals surface area contributed by atoms with Gasteiger partial charge < -0.3 is 14.7 Å². The average molecular weight is 241 g/mol. The molecule has 4 heteroatoms. The predicted molar refractivity (Wildman–Crippen MR) is 64.6 cm³/mol. The fourth-order valence-corrected chi connectivity index (χ4v) is 3.08. The summed E-state index contributed by atoms with van der Waals surface area (Å²) in [6.45, 7) is 7.47. The maximum Gasteiger partial charge on any atom is 0.410 e. The largest absolute Gasteiger partial charge is 0.444 e. The fourth-order valence-electron chi connectivity index (χ4n) is 3.08. The first-order chi connectivity index (χ1) is 7.90. The molecule has 1 N–H and O–H groups in total. The maximum absolute atomic E-state index is 11.9. The Kier molecular flexibility index (Phi) is 3.34. The molecule has 0 aromatic heterocycles. The van der Waals surface area contributed by atoms with Crippen LogP contribution in [0.1, 0.15) is 33.6 Å². The lowest BCUT2D eigenvalue weighted by Gasteiger charge is -2.25. The van der Waals surface area contributed by atoms with E-state index in [2.05, 4.69) is 0 Å². The minimum absolute atomic E-state index is 0.205. The van der Waals surface area contributed by atoms with Crippen molar-refractivity contribution in [2.45, 2.75) is 39.2 Å². The van der Waals surface area contributed by atoms with Crippen molar-refractivity contribution in [1.29, 1.82) is 0 Å². The van der Waals surface area contributed by atoms with E-state index in [0.717, 1.165) is 25.9 Å². The van der Waals surface area contributed by atoms with Crippen molar-refractivity contribution < 1.29 is 14.6 Å². The number of hydrogen-bond acceptors (Lipinski definition) is 3. The van der Waals surface area contributed by atoms with Crippen molar-refractivity contribution in [3.05, 3.63) is 0 Å². The molecule has 0 radical (unpaired) electrons. The normalized spacial score (nSPS) is 32.7. The first-order valence-electron chi connectivity index (χ1n) is 6.49. The molecule has 0 aromatic rings. The zero-order valence-corrected chi connectivity index (χ0v) is 11.0. The molecule has 1 heterocycles. The summed E-state index contributed by atoms with van der Waals surface area (Å²) in [5.41, 5.74) is -0.425. The van der Waals surface area contributed by atoms with Gasteiger partial charge in [-0.2, -0.15) is 0 Å². The number of hydrogen-bond donors (Lipinski definition) is 1. The number of amides is 1. The van der Waals surface area contributed by atoms with Crippen LogP contribution in [0.4, 0.5) is 4.79 Å². The van der Waals surface area contributed by atoms with Crippen LogP contribution in [0.25, 0.3) is 0 Å². The van der Waals surface area contributed by atoms with Gasteiger partial charge >= 0.3 is 6.09 Å². The van der Waals surface area contributed by atoms with E-state index in [1.807, 2.05) is 25.7 Å². The molecule has 0 bridgehead atoms. The molecule has 1 amide bonds. The van der Waals surface area contributed by atoms with E-state index in [9.17, 15) is 9.90 Å². The Labute approximate surface area is 103 Å². The van der Waals surface area contributed by atoms with Crippen molar-refractivity contribution in [3.63, 3.8) is 0 Å². The van der Waals surface area contributed by atoms with E-state index in [4.69, 9.17) is 4.74 Å². The first kappa shape index (κ1) is 12.7. The number of carbonyl (C=O) groups excluding carboxylic acids is 1. The molecule has 3 atom stereocenters. The summed E-state index contributed by atoms with van der Waals surface area (Å²) >= 11 is 0. The van der Waals surface area contributed by atoms with Gasteiger partial charge in [-0.1, -0.05) is 0 Å². The zero-order valence-electron chi connectivity index (χ0n) is 11.0. The highest BCUT2D eigenvalue weighted by molar-refractivity contribution is 5.68. The van der Waals surface area contributed by atoms with Gasteiger partial charge in [0.25, 0.3) is 0 Å². The summed E-state index contributed by atoms with van der Waals surface area (Å²) < 4.78 is 5.38. The predicted octanol–water partition coefficient (Wildman–Crippen LogP) is 1.87. The molecule has 4 nitrogen and oxygen atoms in total. The lowest BCUT2D eigenvalue weighted by Crippen LogP contribution is -2.36. The summed E-state index contributed by atoms with van der Waals surface area (Å²) in [7, 11) is 0. The van der Waals surface area contributed by atoms with E-state index in [-0.39, 0.29) is 12.7 Å². The molecule has 1 aliphatic carbocycles. The van der Waals surface area contributed by atoms with Crippen molar-refractivity contribution in [3.8, 4) is 0 Å². The molecule has 1 unspecified atom stereocenters. The van der Waals surface area contributed by atoms with E-state index in [1.165, 1.54) is 0 Å². The maximum atomic E-state index is 11.9. The molecular weight excluding hydrogens is 218 g/mol. The van der Waals surface area contributed by atoms with Gasteiger partial charge in [-0.3, -0.25) is 0 Å². The molecule has 98 valence electrons. The Morgan fingerprint density at radius 1 is 1.35 bits per heavy atom. The van der Waals surface area contributed by atoms with Crippen LogP contribution in [0.15, 0.2) is 0 Å². The minimum Gasteiger partial charge on any atom is -0.444 e. The van der Waals surface area contributed by atoms with Gasteiger partial charge in [-0.15, -0.1) is 0 Å². The van der Waals surface area contributed by atoms with Crippen molar-refractivity contribution in [2.75, 3.05) is 19.7 Å². The Morgan fingerprint density at radius 2 is 2.06 bits per heavy atom. The van der Waals surface area contributed by atoms with Gasteiger partial charge in [0.1, 0.15) is 5.60 Å². The summed E-state index contributed by atoms with van der Waals surface area (Å²) in [5.74, 6) is 1.43. The second kappa shape index (κ2) is 4.48. The van der Waals surface area contributed by atoms with Gasteiger partial charge in [0.2, 0.25) is 0 Å². The molecular formula is C13H23NO3. The smallest absolute Gasteiger partial charge is 0.410 e. The molecule has 2 rings (SSSR count). The number of nitrogens with zero attached hydrogens (tertiary/aromatic N) is 1. The monoisotopic (exact) mass is 241 g/mol. The Bertz CT molecular complexity index is 298. The van der Waals surface area contributed by atoms with E-state index < -0.39 is 5.60 Å². The van der Waals surface area contributed by atoms with Crippen molar-refractivity contribution >= 4 is 6.09 Å². The van der Waals surface area contributed by atoms with Gasteiger partial charge in [-0.05, 0) is 51.4 Å². The van der Waals surface area contributed by atoms with E-state index in [0.29, 0.717) is 17.8 Å². The molecule has 1 saturated carbocycles. The van der Waals surface area contributed by atoms with Crippen LogP contribution in [0.5, 0.6) is 0 Å². The Balaban J connectivity index is 1.92. The van der Waals surface area contributed by atoms with Crippen LogP contribution in [-0.2, 0) is 4.74 Å². The summed E-state index contributed by atoms with van der Waals surface area (Å²) in [4.78, 5) is 13.7. The highest BCUT2D eigenvalue weighted by Gasteiger charge is 2.44. The topological polar surface area (TPSA) is 49.8 Å². The van der Waals surface area contributed by atoms with Crippen LogP contribution >= 0.6 is 0 Å². The molecule has 1 aliphatic heterocycles. The van der Waals surface area contributed by atoms with Gasteiger partial charge in [0.15, 0.2) is 0 Å². The van der Waals surface area contributed by atoms with Crippen LogP contribution in [0, 0.1) is 17.8 Å². The van der Waals surface area contributed by atoms with Crippen LogP contribution in [0.2, 0.25) is 0 Å². The van der Waals surface area contributed by atoms with Crippen molar-refractivity contribution in [1.82, 2.24) is 4.90 Å². The number of ether oxygens (including phenoxy) is 1. The summed E-state index contributed by atoms with van der Waals surface area (Å²) in [5, 5.41) is 9.29. The van der Waals surface area contributed by atoms with E-state index in [1.54, 1.807) is 0 Å². The third kappa shape index (κ3) is 2.73. The molecule has 1 saturated heterocycles. The van der Waals surface area contributed by atoms with Gasteiger partial charge in [0, 0.05) is 19.7 Å². The summed E-state index contributed by atoms with van der Waals surface area (Å²) in [6.07, 6.45) is 2.03. The van der Waals surface area contributed by atoms with E-state index >= 15 is 0 Å². The highest BCUT2D eigenvalue weighted by Crippen LogP contribution is 2.42. The molecule has 0 spiro atoms. The quantitative estimate of drug-likeness (QED) is 0.762. The fraction of sp³-hybridized carbons (Fsp3) is 0.923. The van der Waals surface area contributed by atoms with Crippen LogP contribution in [-0.4, -0.2) is 41.4 Å². The number of carbonyl (C=O) groups is 1. The molecule has 0 aromatic carbocycles. The highest BCUT2D eigenvalue weighted by atomic mass is 16.6. The first-order valence-corrected chi connectivity index (χ1v) is 6.49. The Morgan fingerprint density at radius 3 is 2.65 bits per heavy atom. The second-order valence-corrected chi connectivity index (χ2v) is 6.33. The average Bonchev–Trinajstić information content (AvgIpc) is 2.72. The van der Waals surface area contributed by atoms with Crippen LogP contribution < -0.4 is 0 Å². The molecule has 2 fully saturated rings. The van der Waals surface area contributed by atoms with Crippen molar-refractivity contribution in [2.24, 2.45) is 17.8 Å². The number of fused-ring (bicyclic) bond motifs is 1. The lowest BCUT2D eigenvalue weighted by atomic mass is 9.93. The Hall–Kier alpha value is -0.770. The number of likely N-dealkylation sites (tertiary alicyclic amines) is 1. The zero-order chi connectivity index (χ0) is 12.6. The summed E-state index contributed by atoms with van der Waals surface area (Å²) in [6, 6.07) is 0. The number of rotatable bonds is 1. The third-order valence-electron chi connectivity index (χ3n) is 3.89. The lowest BCUT2D eigenvalue weighted by molar-refractivity contribution is 0.0272. The number of aliphatic hydroxyl groups is 1. The molecule has 2 aliphatic rings. The van der Waals surface area contributed by atoms with Gasteiger partial charge in [-0.25, -0.2) is 4.79 Å².